The Morgan fingerprint density at radius 3 is 2.71 bits per heavy atom. The monoisotopic (exact) mass is 537 g/mol. The number of piperazine rings is 1. The molecule has 0 radical (unpaired) electrons. The molecule has 2 aliphatic heterocycles. The largest absolute Gasteiger partial charge is 0.497 e. The summed E-state index contributed by atoms with van der Waals surface area (Å²) in [7, 11) is 1.61. The number of carbonyl (C=O) groups excluding carboxylic acids is 1. The molecule has 0 unspecified atom stereocenters. The van der Waals surface area contributed by atoms with Crippen molar-refractivity contribution in [2.45, 2.75) is 38.2 Å². The lowest BCUT2D eigenvalue weighted by molar-refractivity contribution is -0.0966. The van der Waals surface area contributed by atoms with Crippen molar-refractivity contribution in [2.24, 2.45) is 4.99 Å². The van der Waals surface area contributed by atoms with Gasteiger partial charge >= 0.3 is 6.09 Å². The van der Waals surface area contributed by atoms with Crippen LogP contribution in [-0.2, 0) is 9.57 Å². The molecule has 0 bridgehead atoms. The predicted molar refractivity (Wildman–Crippen MR) is 147 cm³/mol. The van der Waals surface area contributed by atoms with E-state index in [-0.39, 0.29) is 11.5 Å². The molecule has 4 heterocycles. The molecule has 12 heteroatoms. The van der Waals surface area contributed by atoms with E-state index in [0.717, 1.165) is 45.8 Å². The number of rotatable bonds is 5. The van der Waals surface area contributed by atoms with E-state index in [2.05, 4.69) is 20.2 Å². The Morgan fingerprint density at radius 1 is 1.18 bits per heavy atom. The molecular formula is C26H31N7O4S. The minimum atomic E-state index is -0.530. The van der Waals surface area contributed by atoms with Gasteiger partial charge in [-0.25, -0.2) is 14.8 Å². The van der Waals surface area contributed by atoms with Gasteiger partial charge < -0.3 is 24.9 Å². The van der Waals surface area contributed by atoms with Crippen molar-refractivity contribution in [3.8, 4) is 5.75 Å². The zero-order chi connectivity index (χ0) is 26.3. The van der Waals surface area contributed by atoms with Crippen LogP contribution in [0.15, 0.2) is 28.6 Å². The van der Waals surface area contributed by atoms with E-state index >= 15 is 0 Å². The molecule has 3 aliphatic rings. The third-order valence-corrected chi connectivity index (χ3v) is 8.29. The van der Waals surface area contributed by atoms with E-state index in [4.69, 9.17) is 25.0 Å². The molecule has 1 amide bonds. The average molecular weight is 538 g/mol. The number of nitrogens with one attached hydrogen (secondary N) is 1. The zero-order valence-corrected chi connectivity index (χ0v) is 22.3. The smallest absolute Gasteiger partial charge is 0.430 e. The number of thiophene rings is 1. The average Bonchev–Trinajstić information content (AvgIpc) is 3.66. The zero-order valence-electron chi connectivity index (χ0n) is 21.5. The number of anilines is 3. The number of fused-ring (bicyclic) bond motifs is 1. The van der Waals surface area contributed by atoms with Crippen LogP contribution < -0.4 is 20.7 Å². The summed E-state index contributed by atoms with van der Waals surface area (Å²) in [5.41, 5.74) is 8.43. The van der Waals surface area contributed by atoms with E-state index in [0.29, 0.717) is 44.3 Å². The molecule has 2 fully saturated rings. The molecule has 1 spiro atoms. The van der Waals surface area contributed by atoms with Gasteiger partial charge in [0.2, 0.25) is 11.8 Å². The highest BCUT2D eigenvalue weighted by Crippen LogP contribution is 2.41. The van der Waals surface area contributed by atoms with Gasteiger partial charge in [0, 0.05) is 24.2 Å². The number of nitrogens with two attached hydrogens (primary N) is 1. The first-order chi connectivity index (χ1) is 18.4. The van der Waals surface area contributed by atoms with Crippen LogP contribution in [0.2, 0.25) is 0 Å². The van der Waals surface area contributed by atoms with Crippen molar-refractivity contribution in [2.75, 3.05) is 55.8 Å². The van der Waals surface area contributed by atoms with Crippen molar-refractivity contribution in [1.82, 2.24) is 15.0 Å². The molecule has 0 atom stereocenters. The maximum atomic E-state index is 12.5. The minimum absolute atomic E-state index is 0.147. The Balaban J connectivity index is 1.14. The van der Waals surface area contributed by atoms with Gasteiger partial charge in [-0.15, -0.1) is 16.4 Å². The summed E-state index contributed by atoms with van der Waals surface area (Å²) < 4.78 is 11.7. The van der Waals surface area contributed by atoms with Crippen LogP contribution in [0.1, 0.15) is 36.8 Å². The normalized spacial score (nSPS) is 19.0. The van der Waals surface area contributed by atoms with E-state index < -0.39 is 6.09 Å². The lowest BCUT2D eigenvalue weighted by Crippen LogP contribution is -2.47. The van der Waals surface area contributed by atoms with E-state index in [1.165, 1.54) is 24.2 Å². The van der Waals surface area contributed by atoms with Gasteiger partial charge in [0.1, 0.15) is 22.0 Å². The van der Waals surface area contributed by atoms with E-state index in [1.807, 2.05) is 18.4 Å². The first kappa shape index (κ1) is 24.7. The number of hydroxylamine groups is 2. The highest BCUT2D eigenvalue weighted by molar-refractivity contribution is 7.17. The number of methoxy groups -OCH3 is 1. The van der Waals surface area contributed by atoms with Crippen molar-refractivity contribution in [3.63, 3.8) is 0 Å². The standard InChI is InChI=1S/C26H31N7O4S/c1-16-13-17(35-2)5-6-19(16)29-25(34)37-33-11-9-32(10-12-33)21-20-18(14-38-23(20)31-24(27)30-21)22-28-15-26(36-22)7-3-4-8-26/h5-6,13-14H,3-4,7-12,15H2,1-2H3,(H,29,34)(H2,27,30,31). The molecule has 6 rings (SSSR count). The van der Waals surface area contributed by atoms with Gasteiger partial charge in [0.15, 0.2) is 0 Å². The summed E-state index contributed by atoms with van der Waals surface area (Å²) in [5.74, 6) is 2.41. The number of ether oxygens (including phenoxy) is 2. The Hall–Kier alpha value is -3.64. The predicted octanol–water partition coefficient (Wildman–Crippen LogP) is 3.97. The molecule has 38 heavy (non-hydrogen) atoms. The highest BCUT2D eigenvalue weighted by atomic mass is 32.1. The number of aryl methyl sites for hydroxylation is 1. The van der Waals surface area contributed by atoms with Crippen LogP contribution in [0, 0.1) is 6.92 Å². The number of nitrogens with zero attached hydrogens (tertiary/aromatic N) is 5. The summed E-state index contributed by atoms with van der Waals surface area (Å²) >= 11 is 1.52. The van der Waals surface area contributed by atoms with Crippen LogP contribution >= 0.6 is 11.3 Å². The van der Waals surface area contributed by atoms with Crippen molar-refractivity contribution in [1.29, 1.82) is 0 Å². The maximum absolute atomic E-state index is 12.5. The van der Waals surface area contributed by atoms with Crippen LogP contribution in [0.3, 0.4) is 0 Å². The van der Waals surface area contributed by atoms with Crippen LogP contribution in [0.25, 0.3) is 10.2 Å². The highest BCUT2D eigenvalue weighted by Gasteiger charge is 2.41. The topological polar surface area (TPSA) is 127 Å². The van der Waals surface area contributed by atoms with Gasteiger partial charge in [-0.05, 0) is 56.4 Å². The molecular weight excluding hydrogens is 506 g/mol. The second-order valence-electron chi connectivity index (χ2n) is 9.95. The third kappa shape index (κ3) is 4.69. The molecule has 11 nitrogen and oxygen atoms in total. The van der Waals surface area contributed by atoms with Crippen molar-refractivity contribution in [3.05, 3.63) is 34.7 Å². The molecule has 1 saturated carbocycles. The Bertz CT molecular complexity index is 1390. The first-order valence-corrected chi connectivity index (χ1v) is 13.7. The molecule has 1 aromatic carbocycles. The fraction of sp³-hybridized carbons (Fsp3) is 0.462. The van der Waals surface area contributed by atoms with Gasteiger partial charge in [0.25, 0.3) is 0 Å². The summed E-state index contributed by atoms with van der Waals surface area (Å²) in [5, 5.41) is 7.42. The summed E-state index contributed by atoms with van der Waals surface area (Å²) in [4.78, 5) is 35.0. The molecule has 3 aromatic rings. The number of hydrogen-bond donors (Lipinski definition) is 2. The first-order valence-electron chi connectivity index (χ1n) is 12.9. The lowest BCUT2D eigenvalue weighted by atomic mass is 10.0. The van der Waals surface area contributed by atoms with E-state index in [1.54, 1.807) is 24.3 Å². The van der Waals surface area contributed by atoms with Gasteiger partial charge in [-0.3, -0.25) is 5.32 Å². The fourth-order valence-electron chi connectivity index (χ4n) is 5.38. The SMILES string of the molecule is COc1ccc(NC(=O)ON2CCN(c3nc(N)nc4scc(C5=NCC6(CCCC6)O5)c34)CC2)c(C)c1. The third-order valence-electron chi connectivity index (χ3n) is 7.42. The fourth-order valence-corrected chi connectivity index (χ4v) is 6.29. The number of amides is 1. The second kappa shape index (κ2) is 9.91. The van der Waals surface area contributed by atoms with Crippen molar-refractivity contribution < 1.29 is 19.1 Å². The van der Waals surface area contributed by atoms with Crippen LogP contribution in [-0.4, -0.2) is 72.5 Å². The Morgan fingerprint density at radius 2 is 1.97 bits per heavy atom. The lowest BCUT2D eigenvalue weighted by Gasteiger charge is -2.34. The summed E-state index contributed by atoms with van der Waals surface area (Å²) in [6.07, 6.45) is 3.93. The quantitative estimate of drug-likeness (QED) is 0.497. The molecule has 2 aromatic heterocycles. The number of benzene rings is 1. The number of aromatic nitrogens is 2. The maximum Gasteiger partial charge on any atom is 0.430 e. The second-order valence-corrected chi connectivity index (χ2v) is 10.8. The van der Waals surface area contributed by atoms with E-state index in [9.17, 15) is 4.79 Å². The van der Waals surface area contributed by atoms with Crippen LogP contribution in [0.4, 0.5) is 22.2 Å². The number of aliphatic imine (C=N–C) groups is 1. The van der Waals surface area contributed by atoms with Gasteiger partial charge in [-0.1, -0.05) is 0 Å². The molecule has 3 N–H and O–H groups in total. The molecule has 1 saturated heterocycles. The number of carbonyl (C=O) groups is 1. The molecule has 1 aliphatic carbocycles. The number of hydrogen-bond acceptors (Lipinski definition) is 11. The van der Waals surface area contributed by atoms with Gasteiger partial charge in [0.05, 0.1) is 37.7 Å². The van der Waals surface area contributed by atoms with Crippen molar-refractivity contribution >= 4 is 51.0 Å². The molecule has 200 valence electrons. The summed E-state index contributed by atoms with van der Waals surface area (Å²) in [6.45, 7) is 4.85. The Kier molecular flexibility index (Phi) is 6.44. The minimum Gasteiger partial charge on any atom is -0.497 e. The number of nitrogen functional groups attached to an aromatic ring is 1. The van der Waals surface area contributed by atoms with Gasteiger partial charge in [-0.2, -0.15) is 4.98 Å². The Labute approximate surface area is 224 Å². The van der Waals surface area contributed by atoms with Crippen LogP contribution in [0.5, 0.6) is 5.75 Å². The summed E-state index contributed by atoms with van der Waals surface area (Å²) in [6, 6.07) is 5.45.